The molecule has 1 unspecified atom stereocenters. The highest BCUT2D eigenvalue weighted by Crippen LogP contribution is 2.37. The zero-order chi connectivity index (χ0) is 26.6. The lowest BCUT2D eigenvalue weighted by molar-refractivity contribution is -0.126. The Bertz CT molecular complexity index is 1330. The first kappa shape index (κ1) is 25.8. The second-order valence-corrected chi connectivity index (χ2v) is 9.81. The molecule has 9 nitrogen and oxygen atoms in total. The van der Waals surface area contributed by atoms with Crippen LogP contribution < -0.4 is 14.5 Å². The molecule has 0 spiro atoms. The third-order valence-electron chi connectivity index (χ3n) is 7.33. The summed E-state index contributed by atoms with van der Waals surface area (Å²) in [5.41, 5.74) is 2.94. The Labute approximate surface area is 223 Å². The first-order chi connectivity index (χ1) is 18.5. The minimum Gasteiger partial charge on any atom is -0.508 e. The van der Waals surface area contributed by atoms with E-state index in [1.54, 1.807) is 11.0 Å². The highest BCUT2D eigenvalue weighted by Gasteiger charge is 2.33. The van der Waals surface area contributed by atoms with Crippen molar-refractivity contribution in [2.75, 3.05) is 49.2 Å². The van der Waals surface area contributed by atoms with E-state index in [0.29, 0.717) is 45.2 Å². The topological polar surface area (TPSA) is 102 Å². The highest BCUT2D eigenvalue weighted by atomic mass is 16.5. The summed E-state index contributed by atoms with van der Waals surface area (Å²) in [5, 5.41) is 22.3. The van der Waals surface area contributed by atoms with Gasteiger partial charge in [0, 0.05) is 55.5 Å². The van der Waals surface area contributed by atoms with E-state index in [9.17, 15) is 15.0 Å². The van der Waals surface area contributed by atoms with Crippen molar-refractivity contribution in [2.45, 2.75) is 38.8 Å². The van der Waals surface area contributed by atoms with Crippen LogP contribution in [0.2, 0.25) is 0 Å². The van der Waals surface area contributed by atoms with Crippen LogP contribution in [0.3, 0.4) is 0 Å². The molecule has 0 bridgehead atoms. The summed E-state index contributed by atoms with van der Waals surface area (Å²) < 4.78 is 5.92. The van der Waals surface area contributed by atoms with E-state index in [1.807, 2.05) is 31.2 Å². The van der Waals surface area contributed by atoms with Crippen molar-refractivity contribution in [2.24, 2.45) is 0 Å². The van der Waals surface area contributed by atoms with Crippen LogP contribution in [0.1, 0.15) is 31.0 Å². The minimum atomic E-state index is -0.0988. The molecule has 5 rings (SSSR count). The Morgan fingerprint density at radius 1 is 1.21 bits per heavy atom. The maximum absolute atomic E-state index is 12.3. The van der Waals surface area contributed by atoms with Crippen LogP contribution in [-0.4, -0.2) is 76.4 Å². The molecule has 38 heavy (non-hydrogen) atoms. The van der Waals surface area contributed by atoms with Gasteiger partial charge in [0.15, 0.2) is 0 Å². The Balaban J connectivity index is 1.52. The molecule has 1 saturated heterocycles. The third kappa shape index (κ3) is 5.11. The molecule has 2 aromatic carbocycles. The van der Waals surface area contributed by atoms with Gasteiger partial charge in [-0.2, -0.15) is 9.97 Å². The van der Waals surface area contributed by atoms with E-state index in [-0.39, 0.29) is 24.3 Å². The predicted octanol–water partition coefficient (Wildman–Crippen LogP) is 3.27. The largest absolute Gasteiger partial charge is 0.508 e. The summed E-state index contributed by atoms with van der Waals surface area (Å²) >= 11 is 0. The molecule has 0 aliphatic carbocycles. The lowest BCUT2D eigenvalue weighted by atomic mass is 10.00. The lowest BCUT2D eigenvalue weighted by Gasteiger charge is -2.43. The summed E-state index contributed by atoms with van der Waals surface area (Å²) in [5.74, 6) is 0.961. The number of rotatable bonds is 8. The number of aliphatic hydroxyl groups excluding tert-OH is 1. The number of aromatic nitrogens is 2. The van der Waals surface area contributed by atoms with E-state index >= 15 is 0 Å². The van der Waals surface area contributed by atoms with E-state index in [1.165, 1.54) is 6.08 Å². The molecule has 3 aromatic rings. The van der Waals surface area contributed by atoms with Gasteiger partial charge in [-0.25, -0.2) is 0 Å². The Hall–Kier alpha value is -3.85. The fraction of sp³-hybridized carbons (Fsp3) is 0.414. The second kappa shape index (κ2) is 11.3. The number of amides is 1. The van der Waals surface area contributed by atoms with Gasteiger partial charge in [-0.1, -0.05) is 37.8 Å². The first-order valence-electron chi connectivity index (χ1n) is 13.3. The molecule has 0 saturated carbocycles. The van der Waals surface area contributed by atoms with Crippen molar-refractivity contribution in [3.63, 3.8) is 0 Å². The number of benzene rings is 2. The number of hydrogen-bond donors (Lipinski definition) is 2. The predicted molar refractivity (Wildman–Crippen MR) is 148 cm³/mol. The normalized spacial score (nSPS) is 17.4. The monoisotopic (exact) mass is 517 g/mol. The molecule has 1 fully saturated rings. The molecular weight excluding hydrogens is 482 g/mol. The standard InChI is InChI=1S/C29H35N5O4/c1-3-15-38-29-30-25-19-32(26-17-22(36)16-20-7-5-6-8-23(20)26)11-9-24(25)28(31-29)34-13-12-33(27(37)4-2)18-21(34)10-14-35/h4-8,16-17,21,35-36H,2-3,9-15,18-19H2,1H3. The number of ether oxygens (including phenoxy) is 1. The number of carbonyl (C=O) groups excluding carboxylic acids is 1. The molecule has 1 aromatic heterocycles. The molecule has 200 valence electrons. The lowest BCUT2D eigenvalue weighted by Crippen LogP contribution is -2.55. The van der Waals surface area contributed by atoms with E-state index < -0.39 is 0 Å². The molecule has 9 heteroatoms. The number of phenols is 1. The maximum Gasteiger partial charge on any atom is 0.318 e. The van der Waals surface area contributed by atoms with Gasteiger partial charge >= 0.3 is 6.01 Å². The van der Waals surface area contributed by atoms with Gasteiger partial charge in [0.2, 0.25) is 5.91 Å². The van der Waals surface area contributed by atoms with Gasteiger partial charge in [-0.05, 0) is 36.8 Å². The van der Waals surface area contributed by atoms with Crippen LogP contribution >= 0.6 is 0 Å². The fourth-order valence-electron chi connectivity index (χ4n) is 5.49. The van der Waals surface area contributed by atoms with E-state index in [2.05, 4.69) is 22.4 Å². The van der Waals surface area contributed by atoms with E-state index in [4.69, 9.17) is 14.7 Å². The van der Waals surface area contributed by atoms with Crippen molar-refractivity contribution < 1.29 is 19.7 Å². The Morgan fingerprint density at radius 2 is 2.05 bits per heavy atom. The van der Waals surface area contributed by atoms with Crippen LogP contribution in [0.4, 0.5) is 11.5 Å². The van der Waals surface area contributed by atoms with Crippen LogP contribution in [-0.2, 0) is 17.8 Å². The zero-order valence-corrected chi connectivity index (χ0v) is 21.8. The molecule has 2 N–H and O–H groups in total. The van der Waals surface area contributed by atoms with Crippen molar-refractivity contribution in [1.29, 1.82) is 0 Å². The number of piperazine rings is 1. The highest BCUT2D eigenvalue weighted by molar-refractivity contribution is 5.95. The summed E-state index contributed by atoms with van der Waals surface area (Å²) in [6.45, 7) is 9.15. The Morgan fingerprint density at radius 3 is 2.84 bits per heavy atom. The number of anilines is 2. The fourth-order valence-corrected chi connectivity index (χ4v) is 5.49. The van der Waals surface area contributed by atoms with Crippen molar-refractivity contribution in [1.82, 2.24) is 14.9 Å². The van der Waals surface area contributed by atoms with Crippen LogP contribution in [0.15, 0.2) is 49.1 Å². The molecular formula is C29H35N5O4. The number of fused-ring (bicyclic) bond motifs is 2. The van der Waals surface area contributed by atoms with Gasteiger partial charge in [0.1, 0.15) is 11.6 Å². The number of nitrogens with zero attached hydrogens (tertiary/aromatic N) is 5. The number of aliphatic hydroxyl groups is 1. The summed E-state index contributed by atoms with van der Waals surface area (Å²) in [4.78, 5) is 28.2. The maximum atomic E-state index is 12.3. The SMILES string of the molecule is C=CC(=O)N1CCN(c2nc(OCCC)nc3c2CCN(c2cc(O)cc4ccccc24)C3)C(CCO)C1. The number of carbonyl (C=O) groups is 1. The number of hydrogen-bond acceptors (Lipinski definition) is 8. The molecule has 2 aliphatic rings. The van der Waals surface area contributed by atoms with E-state index in [0.717, 1.165) is 52.9 Å². The quantitative estimate of drug-likeness (QED) is 0.439. The van der Waals surface area contributed by atoms with Crippen LogP contribution in [0, 0.1) is 0 Å². The smallest absolute Gasteiger partial charge is 0.318 e. The van der Waals surface area contributed by atoms with Crippen LogP contribution in [0.5, 0.6) is 11.8 Å². The van der Waals surface area contributed by atoms with Gasteiger partial charge in [-0.15, -0.1) is 0 Å². The average molecular weight is 518 g/mol. The van der Waals surface area contributed by atoms with Gasteiger partial charge in [-0.3, -0.25) is 4.79 Å². The van der Waals surface area contributed by atoms with Crippen molar-refractivity contribution in [3.05, 3.63) is 60.3 Å². The molecule has 2 aliphatic heterocycles. The zero-order valence-electron chi connectivity index (χ0n) is 21.8. The third-order valence-corrected chi connectivity index (χ3v) is 7.33. The summed E-state index contributed by atoms with van der Waals surface area (Å²) in [6, 6.07) is 11.9. The Kier molecular flexibility index (Phi) is 7.64. The van der Waals surface area contributed by atoms with Gasteiger partial charge in [0.05, 0.1) is 24.9 Å². The van der Waals surface area contributed by atoms with Crippen molar-refractivity contribution >= 4 is 28.2 Å². The summed E-state index contributed by atoms with van der Waals surface area (Å²) in [7, 11) is 0. The molecule has 1 amide bonds. The van der Waals surface area contributed by atoms with Crippen molar-refractivity contribution in [3.8, 4) is 11.8 Å². The molecule has 0 radical (unpaired) electrons. The average Bonchev–Trinajstić information content (AvgIpc) is 2.94. The summed E-state index contributed by atoms with van der Waals surface area (Å²) in [6.07, 6.45) is 3.42. The first-order valence-corrected chi connectivity index (χ1v) is 13.3. The van der Waals surface area contributed by atoms with Crippen LogP contribution in [0.25, 0.3) is 10.8 Å². The number of phenolic OH excluding ortho intramolecular Hbond substituents is 1. The minimum absolute atomic E-state index is 0.0160. The molecule has 1 atom stereocenters. The van der Waals surface area contributed by atoms with Gasteiger partial charge in [0.25, 0.3) is 0 Å². The molecule has 3 heterocycles. The second-order valence-electron chi connectivity index (χ2n) is 9.81. The number of aromatic hydroxyl groups is 1. The van der Waals surface area contributed by atoms with Gasteiger partial charge < -0.3 is 29.6 Å².